The molecule has 1 aliphatic heterocycles. The number of hydrogen-bond acceptors (Lipinski definition) is 7. The van der Waals surface area contributed by atoms with E-state index in [0.717, 1.165) is 30.3 Å². The van der Waals surface area contributed by atoms with E-state index in [4.69, 9.17) is 10.2 Å². The molecular weight excluding hydrogens is 410 g/mol. The number of pyridine rings is 1. The van der Waals surface area contributed by atoms with Crippen LogP contribution in [0.3, 0.4) is 0 Å². The van der Waals surface area contributed by atoms with Gasteiger partial charge < -0.3 is 5.32 Å². The quantitative estimate of drug-likeness (QED) is 0.449. The van der Waals surface area contributed by atoms with E-state index in [1.165, 1.54) is 41.9 Å². The molecule has 0 radical (unpaired) electrons. The Balaban J connectivity index is 1.44. The Morgan fingerprint density at radius 3 is 3.03 bits per heavy atom. The van der Waals surface area contributed by atoms with Crippen LogP contribution in [0.2, 0.25) is 0 Å². The number of piperidine rings is 1. The van der Waals surface area contributed by atoms with Crippen LogP contribution in [-0.4, -0.2) is 21.4 Å². The van der Waals surface area contributed by atoms with Gasteiger partial charge in [0.2, 0.25) is 0 Å². The van der Waals surface area contributed by atoms with Crippen molar-refractivity contribution in [1.29, 1.82) is 5.26 Å². The first-order valence-corrected chi connectivity index (χ1v) is 12.3. The lowest BCUT2D eigenvalue weighted by Gasteiger charge is -2.34. The van der Waals surface area contributed by atoms with Crippen LogP contribution in [0.4, 0.5) is 10.9 Å². The van der Waals surface area contributed by atoms with Crippen molar-refractivity contribution in [2.45, 2.75) is 58.0 Å². The van der Waals surface area contributed by atoms with Crippen molar-refractivity contribution in [1.82, 2.24) is 14.9 Å². The number of nitrogens with zero attached hydrogens (tertiary/aromatic N) is 4. The average Bonchev–Trinajstić information content (AvgIpc) is 3.42. The zero-order valence-corrected chi connectivity index (χ0v) is 18.9. The number of thiazole rings is 1. The topological polar surface area (TPSA) is 64.8 Å². The van der Waals surface area contributed by atoms with Crippen molar-refractivity contribution in [3.05, 3.63) is 56.9 Å². The molecule has 7 heteroatoms. The molecule has 3 aromatic rings. The third-order valence-electron chi connectivity index (χ3n) is 5.45. The maximum atomic E-state index is 9.07. The van der Waals surface area contributed by atoms with Crippen molar-refractivity contribution < 1.29 is 0 Å². The number of thiophene rings is 1. The highest BCUT2D eigenvalue weighted by Crippen LogP contribution is 2.35. The average molecular weight is 438 g/mol. The summed E-state index contributed by atoms with van der Waals surface area (Å²) >= 11 is 3.57. The van der Waals surface area contributed by atoms with Gasteiger partial charge in [-0.1, -0.05) is 19.8 Å². The van der Waals surface area contributed by atoms with Crippen molar-refractivity contribution in [3.8, 4) is 6.07 Å². The van der Waals surface area contributed by atoms with E-state index in [1.54, 1.807) is 29.7 Å². The summed E-state index contributed by atoms with van der Waals surface area (Å²) in [6.45, 7) is 4.38. The summed E-state index contributed by atoms with van der Waals surface area (Å²) in [6.07, 6.45) is 9.02. The second kappa shape index (κ2) is 10.2. The summed E-state index contributed by atoms with van der Waals surface area (Å²) in [5.41, 5.74) is 1.73. The van der Waals surface area contributed by atoms with Crippen LogP contribution in [0.25, 0.3) is 0 Å². The first-order valence-electron chi connectivity index (χ1n) is 10.7. The van der Waals surface area contributed by atoms with E-state index in [2.05, 4.69) is 45.7 Å². The lowest BCUT2D eigenvalue weighted by atomic mass is 10.00. The zero-order chi connectivity index (χ0) is 20.8. The van der Waals surface area contributed by atoms with Crippen LogP contribution in [0.15, 0.2) is 35.8 Å². The number of rotatable bonds is 8. The fraction of sp³-hybridized carbons (Fsp3) is 0.435. The predicted octanol–water partition coefficient (Wildman–Crippen LogP) is 6.28. The van der Waals surface area contributed by atoms with E-state index < -0.39 is 0 Å². The molecule has 4 heterocycles. The minimum absolute atomic E-state index is 0.366. The molecule has 5 nitrogen and oxygen atoms in total. The Kier molecular flexibility index (Phi) is 7.11. The van der Waals surface area contributed by atoms with E-state index in [-0.39, 0.29) is 0 Å². The lowest BCUT2D eigenvalue weighted by Crippen LogP contribution is -2.32. The third-order valence-corrected chi connectivity index (χ3v) is 7.36. The van der Waals surface area contributed by atoms with Gasteiger partial charge in [-0.25, -0.2) is 9.97 Å². The maximum Gasteiger partial charge on any atom is 0.188 e. The van der Waals surface area contributed by atoms with Crippen LogP contribution in [0.1, 0.15) is 66.1 Å². The smallest absolute Gasteiger partial charge is 0.188 e. The van der Waals surface area contributed by atoms with E-state index in [9.17, 15) is 0 Å². The summed E-state index contributed by atoms with van der Waals surface area (Å²) in [5, 5.41) is 15.3. The van der Waals surface area contributed by atoms with Gasteiger partial charge >= 0.3 is 0 Å². The molecule has 0 amide bonds. The molecule has 1 aliphatic rings. The molecule has 0 unspecified atom stereocenters. The molecule has 156 valence electrons. The van der Waals surface area contributed by atoms with Crippen molar-refractivity contribution >= 4 is 33.6 Å². The molecule has 1 saturated heterocycles. The van der Waals surface area contributed by atoms with Crippen LogP contribution in [-0.2, 0) is 13.0 Å². The molecule has 4 rings (SSSR count). The van der Waals surface area contributed by atoms with Gasteiger partial charge in [0.15, 0.2) is 5.13 Å². The summed E-state index contributed by atoms with van der Waals surface area (Å²) in [6, 6.07) is 10.6. The summed E-state index contributed by atoms with van der Waals surface area (Å²) in [5.74, 6) is 0.661. The first-order chi connectivity index (χ1) is 14.7. The van der Waals surface area contributed by atoms with E-state index in [0.29, 0.717) is 17.4 Å². The monoisotopic (exact) mass is 437 g/mol. The molecule has 0 saturated carbocycles. The van der Waals surface area contributed by atoms with Crippen molar-refractivity contribution in [3.63, 3.8) is 0 Å². The fourth-order valence-electron chi connectivity index (χ4n) is 3.88. The lowest BCUT2D eigenvalue weighted by molar-refractivity contribution is 0.139. The minimum Gasteiger partial charge on any atom is -0.316 e. The highest BCUT2D eigenvalue weighted by Gasteiger charge is 2.26. The predicted molar refractivity (Wildman–Crippen MR) is 124 cm³/mol. The van der Waals surface area contributed by atoms with E-state index in [1.807, 2.05) is 11.3 Å². The molecular formula is C23H27N5S2. The standard InChI is InChI=1S/C23H27N5S2/c1-2-3-6-18-8-9-19(30-18)15-28-12-5-4-7-21(28)20-16-29-23(26-20)27-22-13-17(14-24)10-11-25-22/h8-11,13,16,21H,2-7,12,15H2,1H3,(H,25,26,27)/t21-/m1/s1. The van der Waals surface area contributed by atoms with Crippen molar-refractivity contribution in [2.24, 2.45) is 0 Å². The third kappa shape index (κ3) is 5.25. The SMILES string of the molecule is CCCCc1ccc(CN2CCCC[C@@H]2c2csc(Nc3cc(C#N)ccn3)n2)s1. The highest BCUT2D eigenvalue weighted by molar-refractivity contribution is 7.13. The fourth-order valence-corrected chi connectivity index (χ4v) is 5.73. The number of hydrogen-bond donors (Lipinski definition) is 1. The largest absolute Gasteiger partial charge is 0.316 e. The van der Waals surface area contributed by atoms with Crippen molar-refractivity contribution in [2.75, 3.05) is 11.9 Å². The summed E-state index contributed by atoms with van der Waals surface area (Å²) in [7, 11) is 0. The van der Waals surface area contributed by atoms with Gasteiger partial charge in [-0.05, 0) is 56.5 Å². The number of nitrogens with one attached hydrogen (secondary N) is 1. The molecule has 30 heavy (non-hydrogen) atoms. The van der Waals surface area contributed by atoms with Gasteiger partial charge in [0.05, 0.1) is 23.4 Å². The van der Waals surface area contributed by atoms with Gasteiger partial charge in [0.25, 0.3) is 0 Å². The highest BCUT2D eigenvalue weighted by atomic mass is 32.1. The van der Waals surface area contributed by atoms with Crippen LogP contribution in [0, 0.1) is 11.3 Å². The number of aromatic nitrogens is 2. The molecule has 1 N–H and O–H groups in total. The van der Waals surface area contributed by atoms with Gasteiger partial charge in [-0.3, -0.25) is 4.90 Å². The Hall–Kier alpha value is -2.27. The summed E-state index contributed by atoms with van der Waals surface area (Å²) in [4.78, 5) is 14.7. The number of nitriles is 1. The number of unbranched alkanes of at least 4 members (excludes halogenated alkanes) is 1. The number of anilines is 2. The van der Waals surface area contributed by atoms with Gasteiger partial charge in [-0.2, -0.15) is 5.26 Å². The van der Waals surface area contributed by atoms with Gasteiger partial charge in [-0.15, -0.1) is 22.7 Å². The molecule has 0 bridgehead atoms. The molecule has 0 aromatic carbocycles. The van der Waals surface area contributed by atoms with Crippen LogP contribution >= 0.6 is 22.7 Å². The minimum atomic E-state index is 0.366. The van der Waals surface area contributed by atoms with E-state index >= 15 is 0 Å². The Morgan fingerprint density at radius 1 is 1.27 bits per heavy atom. The first kappa shape index (κ1) is 21.0. The van der Waals surface area contributed by atoms with Gasteiger partial charge in [0.1, 0.15) is 5.82 Å². The summed E-state index contributed by atoms with van der Waals surface area (Å²) < 4.78 is 0. The molecule has 1 fully saturated rings. The number of aryl methyl sites for hydroxylation is 1. The van der Waals surface area contributed by atoms with Crippen LogP contribution in [0.5, 0.6) is 0 Å². The van der Waals surface area contributed by atoms with Gasteiger partial charge in [0, 0.05) is 27.9 Å². The Labute approximate surface area is 186 Å². The molecule has 1 atom stereocenters. The van der Waals surface area contributed by atoms with Crippen LogP contribution < -0.4 is 5.32 Å². The second-order valence-corrected chi connectivity index (χ2v) is 9.81. The Bertz CT molecular complexity index is 1000. The zero-order valence-electron chi connectivity index (χ0n) is 17.3. The normalized spacial score (nSPS) is 17.0. The number of likely N-dealkylation sites (tertiary alicyclic amines) is 1. The molecule has 0 aliphatic carbocycles. The maximum absolute atomic E-state index is 9.07. The molecule has 3 aromatic heterocycles. The Morgan fingerprint density at radius 2 is 2.17 bits per heavy atom. The second-order valence-electron chi connectivity index (χ2n) is 7.70. The molecule has 0 spiro atoms.